The van der Waals surface area contributed by atoms with Gasteiger partial charge in [-0.15, -0.1) is 13.2 Å². The molecule has 0 unspecified atom stereocenters. The minimum atomic E-state index is -4.82. The van der Waals surface area contributed by atoms with Gasteiger partial charge < -0.3 is 15.2 Å². The second kappa shape index (κ2) is 5.92. The summed E-state index contributed by atoms with van der Waals surface area (Å²) in [6.45, 7) is 0. The standard InChI is InChI=1S/C14H11F3N2O3/c1-21-13(20)12-10(18)6-8(7-19-12)9-4-2-3-5-11(9)22-14(15,16)17/h2-7H,18H2,1H3. The van der Waals surface area contributed by atoms with Crippen LogP contribution < -0.4 is 10.5 Å². The largest absolute Gasteiger partial charge is 0.573 e. The first-order valence-corrected chi connectivity index (χ1v) is 6.01. The van der Waals surface area contributed by atoms with E-state index in [2.05, 4.69) is 14.5 Å². The van der Waals surface area contributed by atoms with Crippen molar-refractivity contribution in [3.63, 3.8) is 0 Å². The predicted octanol–water partition coefficient (Wildman–Crippen LogP) is 3.02. The van der Waals surface area contributed by atoms with Gasteiger partial charge in [-0.05, 0) is 12.1 Å². The number of methoxy groups -OCH3 is 1. The maximum absolute atomic E-state index is 12.4. The van der Waals surface area contributed by atoms with E-state index in [1.807, 2.05) is 0 Å². The molecule has 1 aromatic carbocycles. The van der Waals surface area contributed by atoms with E-state index in [1.54, 1.807) is 6.07 Å². The lowest BCUT2D eigenvalue weighted by molar-refractivity contribution is -0.274. The summed E-state index contributed by atoms with van der Waals surface area (Å²) in [5.74, 6) is -1.12. The number of nitrogen functional groups attached to an aromatic ring is 1. The number of carbonyl (C=O) groups excluding carboxylic acids is 1. The Hall–Kier alpha value is -2.77. The zero-order valence-corrected chi connectivity index (χ0v) is 11.3. The van der Waals surface area contributed by atoms with Crippen molar-refractivity contribution in [2.75, 3.05) is 12.8 Å². The van der Waals surface area contributed by atoms with E-state index in [1.165, 1.54) is 37.6 Å². The fraction of sp³-hybridized carbons (Fsp3) is 0.143. The molecule has 2 aromatic rings. The van der Waals surface area contributed by atoms with Crippen LogP contribution in [-0.4, -0.2) is 24.4 Å². The van der Waals surface area contributed by atoms with Crippen LogP contribution >= 0.6 is 0 Å². The number of hydrogen-bond donors (Lipinski definition) is 1. The van der Waals surface area contributed by atoms with Crippen LogP contribution in [0.5, 0.6) is 5.75 Å². The number of aromatic nitrogens is 1. The van der Waals surface area contributed by atoms with E-state index >= 15 is 0 Å². The van der Waals surface area contributed by atoms with Gasteiger partial charge in [0.15, 0.2) is 5.69 Å². The normalized spacial score (nSPS) is 11.1. The van der Waals surface area contributed by atoms with Crippen molar-refractivity contribution < 1.29 is 27.4 Å². The number of esters is 1. The highest BCUT2D eigenvalue weighted by Crippen LogP contribution is 2.34. The van der Waals surface area contributed by atoms with Gasteiger partial charge in [0.2, 0.25) is 0 Å². The van der Waals surface area contributed by atoms with Gasteiger partial charge in [-0.2, -0.15) is 0 Å². The number of anilines is 1. The third-order valence-electron chi connectivity index (χ3n) is 2.72. The fourth-order valence-corrected chi connectivity index (χ4v) is 1.82. The Morgan fingerprint density at radius 1 is 1.27 bits per heavy atom. The molecule has 116 valence electrons. The minimum absolute atomic E-state index is 0.00818. The van der Waals surface area contributed by atoms with Gasteiger partial charge in [0.1, 0.15) is 5.75 Å². The Kier molecular flexibility index (Phi) is 4.20. The van der Waals surface area contributed by atoms with Crippen LogP contribution in [0.2, 0.25) is 0 Å². The molecule has 0 fully saturated rings. The molecule has 0 aliphatic carbocycles. The molecule has 0 amide bonds. The summed E-state index contributed by atoms with van der Waals surface area (Å²) in [5.41, 5.74) is 6.00. The van der Waals surface area contributed by atoms with Gasteiger partial charge in [0.05, 0.1) is 12.8 Å². The van der Waals surface area contributed by atoms with Crippen molar-refractivity contribution in [1.82, 2.24) is 4.98 Å². The van der Waals surface area contributed by atoms with Crippen LogP contribution in [0, 0.1) is 0 Å². The fourth-order valence-electron chi connectivity index (χ4n) is 1.82. The van der Waals surface area contributed by atoms with Crippen molar-refractivity contribution in [3.8, 4) is 16.9 Å². The predicted molar refractivity (Wildman–Crippen MR) is 72.1 cm³/mol. The smallest absolute Gasteiger partial charge is 0.464 e. The highest BCUT2D eigenvalue weighted by molar-refractivity contribution is 5.93. The topological polar surface area (TPSA) is 74.4 Å². The van der Waals surface area contributed by atoms with Crippen LogP contribution in [0.4, 0.5) is 18.9 Å². The summed E-state index contributed by atoms with van der Waals surface area (Å²) in [7, 11) is 1.17. The van der Waals surface area contributed by atoms with Crippen LogP contribution in [0.15, 0.2) is 36.5 Å². The number of nitrogens with two attached hydrogens (primary N) is 1. The van der Waals surface area contributed by atoms with E-state index in [4.69, 9.17) is 5.73 Å². The Morgan fingerprint density at radius 3 is 2.55 bits per heavy atom. The Bertz CT molecular complexity index is 702. The monoisotopic (exact) mass is 312 g/mol. The molecule has 22 heavy (non-hydrogen) atoms. The lowest BCUT2D eigenvalue weighted by atomic mass is 10.1. The maximum Gasteiger partial charge on any atom is 0.573 e. The van der Waals surface area contributed by atoms with Gasteiger partial charge in [-0.3, -0.25) is 0 Å². The lowest BCUT2D eigenvalue weighted by Crippen LogP contribution is -2.17. The molecule has 8 heteroatoms. The second-order valence-corrected chi connectivity index (χ2v) is 4.20. The zero-order chi connectivity index (χ0) is 16.3. The Labute approximate surface area is 123 Å². The molecule has 0 spiro atoms. The number of halogens is 3. The Morgan fingerprint density at radius 2 is 1.95 bits per heavy atom. The van der Waals surface area contributed by atoms with Crippen molar-refractivity contribution in [2.24, 2.45) is 0 Å². The first-order valence-electron chi connectivity index (χ1n) is 6.01. The number of alkyl halides is 3. The maximum atomic E-state index is 12.4. The van der Waals surface area contributed by atoms with Crippen LogP contribution in [0.1, 0.15) is 10.5 Å². The van der Waals surface area contributed by atoms with Gasteiger partial charge >= 0.3 is 12.3 Å². The van der Waals surface area contributed by atoms with Crippen molar-refractivity contribution >= 4 is 11.7 Å². The molecule has 0 bridgehead atoms. The van der Waals surface area contributed by atoms with Crippen molar-refractivity contribution in [2.45, 2.75) is 6.36 Å². The molecule has 1 heterocycles. The minimum Gasteiger partial charge on any atom is -0.464 e. The first-order chi connectivity index (χ1) is 10.3. The van der Waals surface area contributed by atoms with E-state index in [9.17, 15) is 18.0 Å². The molecular formula is C14H11F3N2O3. The molecule has 5 nitrogen and oxygen atoms in total. The number of hydrogen-bond acceptors (Lipinski definition) is 5. The van der Waals surface area contributed by atoms with E-state index in [0.29, 0.717) is 0 Å². The lowest BCUT2D eigenvalue weighted by Gasteiger charge is -2.13. The van der Waals surface area contributed by atoms with Crippen molar-refractivity contribution in [3.05, 3.63) is 42.2 Å². The second-order valence-electron chi connectivity index (χ2n) is 4.20. The SMILES string of the molecule is COC(=O)c1ncc(-c2ccccc2OC(F)(F)F)cc1N. The number of carbonyl (C=O) groups is 1. The molecule has 2 N–H and O–H groups in total. The molecule has 1 aromatic heterocycles. The number of pyridine rings is 1. The summed E-state index contributed by atoms with van der Waals surface area (Å²) in [5, 5.41) is 0. The number of para-hydroxylation sites is 1. The molecule has 0 radical (unpaired) electrons. The number of ether oxygens (including phenoxy) is 2. The summed E-state index contributed by atoms with van der Waals surface area (Å²) >= 11 is 0. The van der Waals surface area contributed by atoms with Crippen LogP contribution in [0.3, 0.4) is 0 Å². The number of nitrogens with zero attached hydrogens (tertiary/aromatic N) is 1. The first kappa shape index (κ1) is 15.6. The van der Waals surface area contributed by atoms with Crippen LogP contribution in [0.25, 0.3) is 11.1 Å². The van der Waals surface area contributed by atoms with Gasteiger partial charge in [0.25, 0.3) is 0 Å². The molecular weight excluding hydrogens is 301 g/mol. The Balaban J connectivity index is 2.45. The van der Waals surface area contributed by atoms with E-state index in [0.717, 1.165) is 0 Å². The van der Waals surface area contributed by atoms with Crippen LogP contribution in [-0.2, 0) is 4.74 Å². The molecule has 2 rings (SSSR count). The summed E-state index contributed by atoms with van der Waals surface area (Å²) in [4.78, 5) is 15.2. The third kappa shape index (κ3) is 3.46. The van der Waals surface area contributed by atoms with Gasteiger partial charge in [-0.25, -0.2) is 9.78 Å². The highest BCUT2D eigenvalue weighted by Gasteiger charge is 2.32. The van der Waals surface area contributed by atoms with E-state index < -0.39 is 12.3 Å². The third-order valence-corrected chi connectivity index (χ3v) is 2.72. The quantitative estimate of drug-likeness (QED) is 0.882. The molecule has 0 aliphatic rings. The average Bonchev–Trinajstić information content (AvgIpc) is 2.45. The molecule has 0 saturated heterocycles. The van der Waals surface area contributed by atoms with Gasteiger partial charge in [-0.1, -0.05) is 18.2 Å². The number of benzene rings is 1. The highest BCUT2D eigenvalue weighted by atomic mass is 19.4. The zero-order valence-electron chi connectivity index (χ0n) is 11.3. The van der Waals surface area contributed by atoms with E-state index in [-0.39, 0.29) is 28.3 Å². The molecule has 0 atom stereocenters. The average molecular weight is 312 g/mol. The molecule has 0 aliphatic heterocycles. The van der Waals surface area contributed by atoms with Crippen molar-refractivity contribution in [1.29, 1.82) is 0 Å². The molecule has 0 saturated carbocycles. The summed E-state index contributed by atoms with van der Waals surface area (Å²) in [6.07, 6.45) is -3.60. The summed E-state index contributed by atoms with van der Waals surface area (Å²) < 4.78 is 45.7. The van der Waals surface area contributed by atoms with Gasteiger partial charge in [0, 0.05) is 17.3 Å². The summed E-state index contributed by atoms with van der Waals surface area (Å²) in [6, 6.07) is 6.88. The number of rotatable bonds is 3.